The summed E-state index contributed by atoms with van der Waals surface area (Å²) in [6, 6.07) is 0.417. The minimum absolute atomic E-state index is 0.196. The smallest absolute Gasteiger partial charge is 0.341 e. The lowest BCUT2D eigenvalue weighted by Gasteiger charge is -2.30. The molecule has 1 fully saturated rings. The fourth-order valence-corrected chi connectivity index (χ4v) is 4.63. The predicted molar refractivity (Wildman–Crippen MR) is 107 cm³/mol. The van der Waals surface area contributed by atoms with Crippen molar-refractivity contribution < 1.29 is 19.1 Å². The van der Waals surface area contributed by atoms with E-state index in [0.717, 1.165) is 24.2 Å². The molecule has 27 heavy (non-hydrogen) atoms. The van der Waals surface area contributed by atoms with E-state index in [9.17, 15) is 14.4 Å². The second kappa shape index (κ2) is 9.32. The SMILES string of the molecule is COC(=O)c1c(NC(=O)CN(C)C2CCCCC2)sc(C(=O)N(C)C)c1C. The first-order valence-electron chi connectivity index (χ1n) is 9.19. The highest BCUT2D eigenvalue weighted by Crippen LogP contribution is 2.34. The standard InChI is InChI=1S/C19H29N3O4S/c1-12-15(19(25)26-5)17(27-16(12)18(24)21(2)3)20-14(23)11-22(4)13-9-7-6-8-10-13/h13H,6-11H2,1-5H3,(H,20,23). The van der Waals surface area contributed by atoms with Crippen molar-refractivity contribution >= 4 is 34.1 Å². The molecule has 0 aliphatic heterocycles. The van der Waals surface area contributed by atoms with Gasteiger partial charge in [-0.2, -0.15) is 0 Å². The maximum Gasteiger partial charge on any atom is 0.341 e. The summed E-state index contributed by atoms with van der Waals surface area (Å²) in [5.41, 5.74) is 0.780. The lowest BCUT2D eigenvalue weighted by molar-refractivity contribution is -0.117. The Morgan fingerprint density at radius 3 is 2.33 bits per heavy atom. The van der Waals surface area contributed by atoms with Gasteiger partial charge in [0.15, 0.2) is 0 Å². The Kier molecular flexibility index (Phi) is 7.38. The van der Waals surface area contributed by atoms with Crippen molar-refractivity contribution in [2.24, 2.45) is 0 Å². The van der Waals surface area contributed by atoms with E-state index in [1.165, 1.54) is 31.3 Å². The Morgan fingerprint density at radius 1 is 1.15 bits per heavy atom. The third-order valence-electron chi connectivity index (χ3n) is 4.98. The molecule has 7 nitrogen and oxygen atoms in total. The lowest BCUT2D eigenvalue weighted by Crippen LogP contribution is -2.39. The highest BCUT2D eigenvalue weighted by Gasteiger charge is 2.27. The number of amides is 2. The van der Waals surface area contributed by atoms with E-state index in [2.05, 4.69) is 10.2 Å². The summed E-state index contributed by atoms with van der Waals surface area (Å²) >= 11 is 1.11. The fourth-order valence-electron chi connectivity index (χ4n) is 3.40. The zero-order valence-corrected chi connectivity index (χ0v) is 17.6. The zero-order chi connectivity index (χ0) is 20.1. The van der Waals surface area contributed by atoms with Gasteiger partial charge in [0.2, 0.25) is 5.91 Å². The van der Waals surface area contributed by atoms with Crippen molar-refractivity contribution in [2.75, 3.05) is 40.1 Å². The number of thiophene rings is 1. The van der Waals surface area contributed by atoms with Gasteiger partial charge in [0.1, 0.15) is 5.00 Å². The fraction of sp³-hybridized carbons (Fsp3) is 0.632. The molecule has 0 spiro atoms. The van der Waals surface area contributed by atoms with E-state index in [0.29, 0.717) is 21.5 Å². The number of carbonyl (C=O) groups excluding carboxylic acids is 3. The lowest BCUT2D eigenvalue weighted by atomic mass is 9.94. The monoisotopic (exact) mass is 395 g/mol. The molecule has 0 radical (unpaired) electrons. The number of rotatable bonds is 6. The second-order valence-corrected chi connectivity index (χ2v) is 8.23. The molecule has 8 heteroatoms. The van der Waals surface area contributed by atoms with Crippen LogP contribution in [0.25, 0.3) is 0 Å². The quantitative estimate of drug-likeness (QED) is 0.750. The number of nitrogens with zero attached hydrogens (tertiary/aromatic N) is 2. The summed E-state index contributed by atoms with van der Waals surface area (Å²) in [7, 11) is 6.54. The van der Waals surface area contributed by atoms with Crippen molar-refractivity contribution in [1.29, 1.82) is 0 Å². The number of methoxy groups -OCH3 is 1. The van der Waals surface area contributed by atoms with Gasteiger partial charge in [-0.25, -0.2) is 4.79 Å². The molecule has 1 aliphatic rings. The van der Waals surface area contributed by atoms with Gasteiger partial charge >= 0.3 is 5.97 Å². The van der Waals surface area contributed by atoms with E-state index in [1.807, 2.05) is 7.05 Å². The van der Waals surface area contributed by atoms with Gasteiger partial charge < -0.3 is 15.0 Å². The normalized spacial score (nSPS) is 14.9. The molecule has 0 atom stereocenters. The molecule has 0 bridgehead atoms. The van der Waals surface area contributed by atoms with Crippen molar-refractivity contribution in [3.63, 3.8) is 0 Å². The van der Waals surface area contributed by atoms with Crippen LogP contribution < -0.4 is 5.32 Å². The number of anilines is 1. The number of nitrogens with one attached hydrogen (secondary N) is 1. The maximum absolute atomic E-state index is 12.6. The average molecular weight is 396 g/mol. The van der Waals surface area contributed by atoms with Gasteiger partial charge in [-0.15, -0.1) is 11.3 Å². The summed E-state index contributed by atoms with van der Waals surface area (Å²) in [5.74, 6) is -0.960. The van der Waals surface area contributed by atoms with Gasteiger partial charge in [-0.1, -0.05) is 19.3 Å². The Morgan fingerprint density at radius 2 is 1.78 bits per heavy atom. The Balaban J connectivity index is 2.18. The number of esters is 1. The van der Waals surface area contributed by atoms with Gasteiger partial charge in [-0.3, -0.25) is 14.5 Å². The Hall–Kier alpha value is -1.93. The van der Waals surface area contributed by atoms with Crippen molar-refractivity contribution in [3.8, 4) is 0 Å². The highest BCUT2D eigenvalue weighted by atomic mass is 32.1. The van der Waals surface area contributed by atoms with Crippen molar-refractivity contribution in [1.82, 2.24) is 9.80 Å². The number of hydrogen-bond acceptors (Lipinski definition) is 6. The molecule has 2 amide bonds. The molecule has 1 heterocycles. The molecule has 0 saturated heterocycles. The van der Waals surface area contributed by atoms with Gasteiger partial charge in [0.05, 0.1) is 24.1 Å². The number of carbonyl (C=O) groups is 3. The molecule has 1 aliphatic carbocycles. The molecule has 2 rings (SSSR count). The zero-order valence-electron chi connectivity index (χ0n) is 16.8. The van der Waals surface area contributed by atoms with Crippen LogP contribution in [0.3, 0.4) is 0 Å². The van der Waals surface area contributed by atoms with Crippen LogP contribution in [0.4, 0.5) is 5.00 Å². The first-order valence-corrected chi connectivity index (χ1v) is 10.0. The van der Waals surface area contributed by atoms with Crippen LogP contribution in [0.1, 0.15) is 57.7 Å². The van der Waals surface area contributed by atoms with E-state index in [-0.39, 0.29) is 23.9 Å². The summed E-state index contributed by atoms with van der Waals surface area (Å²) in [6.45, 7) is 1.95. The van der Waals surface area contributed by atoms with Crippen LogP contribution in [-0.2, 0) is 9.53 Å². The van der Waals surface area contributed by atoms with Crippen LogP contribution in [0.2, 0.25) is 0 Å². The van der Waals surface area contributed by atoms with Gasteiger partial charge in [0, 0.05) is 20.1 Å². The summed E-state index contributed by atoms with van der Waals surface area (Å²) in [6.07, 6.45) is 5.87. The summed E-state index contributed by atoms with van der Waals surface area (Å²) in [5, 5.41) is 3.18. The molecule has 1 aromatic heterocycles. The molecule has 0 aromatic carbocycles. The third kappa shape index (κ3) is 5.07. The predicted octanol–water partition coefficient (Wildman–Crippen LogP) is 2.75. The molecule has 150 valence electrons. The van der Waals surface area contributed by atoms with Crippen molar-refractivity contribution in [3.05, 3.63) is 16.0 Å². The third-order valence-corrected chi connectivity index (χ3v) is 6.18. The molecule has 1 aromatic rings. The molecule has 0 unspecified atom stereocenters. The van der Waals surface area contributed by atoms with Crippen LogP contribution in [0.15, 0.2) is 0 Å². The number of likely N-dealkylation sites (N-methyl/N-ethyl adjacent to an activating group) is 1. The molecule has 1 N–H and O–H groups in total. The van der Waals surface area contributed by atoms with E-state index in [1.54, 1.807) is 21.0 Å². The van der Waals surface area contributed by atoms with Crippen molar-refractivity contribution in [2.45, 2.75) is 45.1 Å². The summed E-state index contributed by atoms with van der Waals surface area (Å²) in [4.78, 5) is 41.1. The first kappa shape index (κ1) is 21.4. The molecule has 1 saturated carbocycles. The van der Waals surface area contributed by atoms with Gasteiger partial charge in [0.25, 0.3) is 5.91 Å². The average Bonchev–Trinajstić information content (AvgIpc) is 2.96. The van der Waals surface area contributed by atoms with Crippen LogP contribution >= 0.6 is 11.3 Å². The second-order valence-electron chi connectivity index (χ2n) is 7.21. The first-order chi connectivity index (χ1) is 12.8. The minimum Gasteiger partial charge on any atom is -0.465 e. The highest BCUT2D eigenvalue weighted by molar-refractivity contribution is 7.18. The molecular formula is C19H29N3O4S. The van der Waals surface area contributed by atoms with E-state index in [4.69, 9.17) is 4.74 Å². The largest absolute Gasteiger partial charge is 0.465 e. The topological polar surface area (TPSA) is 79.0 Å². The number of hydrogen-bond donors (Lipinski definition) is 1. The number of ether oxygens (including phenoxy) is 1. The van der Waals surface area contributed by atoms with Crippen LogP contribution in [0.5, 0.6) is 0 Å². The Bertz CT molecular complexity index is 708. The Labute approximate surface area is 164 Å². The van der Waals surface area contributed by atoms with Crippen LogP contribution in [0, 0.1) is 6.92 Å². The van der Waals surface area contributed by atoms with Crippen LogP contribution in [-0.4, -0.2) is 68.4 Å². The maximum atomic E-state index is 12.6. The minimum atomic E-state index is -0.558. The van der Waals surface area contributed by atoms with Gasteiger partial charge in [-0.05, 0) is 32.4 Å². The summed E-state index contributed by atoms with van der Waals surface area (Å²) < 4.78 is 4.85. The van der Waals surface area contributed by atoms with E-state index >= 15 is 0 Å². The van der Waals surface area contributed by atoms with E-state index < -0.39 is 5.97 Å². The molecular weight excluding hydrogens is 366 g/mol.